The van der Waals surface area contributed by atoms with Crippen LogP contribution in [0.4, 0.5) is 18.9 Å². The molecule has 3 heterocycles. The molecule has 1 atom stereocenters. The number of alkyl halides is 3. The van der Waals surface area contributed by atoms with Crippen LogP contribution in [0.15, 0.2) is 54.9 Å². The zero-order chi connectivity index (χ0) is 24.7. The van der Waals surface area contributed by atoms with E-state index in [9.17, 15) is 18.0 Å². The molecule has 0 amide bonds. The molecule has 1 N–H and O–H groups in total. The lowest BCUT2D eigenvalue weighted by Crippen LogP contribution is -2.04. The Morgan fingerprint density at radius 2 is 1.97 bits per heavy atom. The summed E-state index contributed by atoms with van der Waals surface area (Å²) in [6.45, 7) is 5.10. The summed E-state index contributed by atoms with van der Waals surface area (Å²) in [6, 6.07) is 13.4. The number of nitrogens with zero attached hydrogens (tertiary/aromatic N) is 2. The zero-order valence-corrected chi connectivity index (χ0v) is 19.3. The van der Waals surface area contributed by atoms with Crippen LogP contribution in [0.2, 0.25) is 0 Å². The lowest BCUT2D eigenvalue weighted by molar-refractivity contribution is -0.140. The van der Waals surface area contributed by atoms with E-state index in [0.29, 0.717) is 19.6 Å². The van der Waals surface area contributed by atoms with Gasteiger partial charge in [-0.05, 0) is 59.9 Å². The third kappa shape index (κ3) is 4.36. The Morgan fingerprint density at radius 3 is 2.74 bits per heavy atom. The Labute approximate surface area is 200 Å². The molecule has 0 fully saturated rings. The summed E-state index contributed by atoms with van der Waals surface area (Å²) in [5, 5.41) is 3.44. The normalized spacial score (nSPS) is 15.2. The second-order valence-electron chi connectivity index (χ2n) is 8.87. The average molecular weight is 480 g/mol. The summed E-state index contributed by atoms with van der Waals surface area (Å²) >= 11 is 0. The first-order valence-electron chi connectivity index (χ1n) is 11.3. The van der Waals surface area contributed by atoms with Crippen molar-refractivity contribution in [2.24, 2.45) is 0 Å². The van der Waals surface area contributed by atoms with Crippen molar-refractivity contribution in [1.82, 2.24) is 9.38 Å². The van der Waals surface area contributed by atoms with E-state index in [1.165, 1.54) is 4.40 Å². The van der Waals surface area contributed by atoms with Crippen LogP contribution in [0.5, 0.6) is 5.75 Å². The molecule has 1 aliphatic rings. The molecule has 1 aliphatic heterocycles. The minimum Gasteiger partial charge on any atom is -0.493 e. The van der Waals surface area contributed by atoms with Crippen LogP contribution < -0.4 is 10.1 Å². The van der Waals surface area contributed by atoms with Crippen molar-refractivity contribution in [3.05, 3.63) is 82.8 Å². The number of nitrogens with one attached hydrogen (secondary N) is 1. The molecule has 0 bridgehead atoms. The lowest BCUT2D eigenvalue weighted by atomic mass is 9.93. The summed E-state index contributed by atoms with van der Waals surface area (Å²) in [7, 11) is 0. The number of fused-ring (bicyclic) bond motifs is 2. The quantitative estimate of drug-likeness (QED) is 0.329. The van der Waals surface area contributed by atoms with E-state index in [1.54, 1.807) is 12.3 Å². The maximum absolute atomic E-state index is 13.1. The van der Waals surface area contributed by atoms with Gasteiger partial charge in [-0.25, -0.2) is 4.98 Å². The van der Waals surface area contributed by atoms with Gasteiger partial charge in [-0.15, -0.1) is 0 Å². The summed E-state index contributed by atoms with van der Waals surface area (Å²) < 4.78 is 46.4. The van der Waals surface area contributed by atoms with E-state index in [1.807, 2.05) is 44.2 Å². The minimum absolute atomic E-state index is 0.110. The van der Waals surface area contributed by atoms with Crippen molar-refractivity contribution in [3.8, 4) is 16.9 Å². The maximum atomic E-state index is 13.1. The van der Waals surface area contributed by atoms with E-state index >= 15 is 0 Å². The van der Waals surface area contributed by atoms with Gasteiger partial charge in [0.05, 0.1) is 6.61 Å². The van der Waals surface area contributed by atoms with Gasteiger partial charge in [0.2, 0.25) is 0 Å². The number of halogens is 3. The molecule has 0 radical (unpaired) electrons. The summed E-state index contributed by atoms with van der Waals surface area (Å²) in [5.74, 6) is 0.911. The summed E-state index contributed by atoms with van der Waals surface area (Å²) in [5.41, 5.74) is 6.30. The van der Waals surface area contributed by atoms with Crippen LogP contribution in [-0.4, -0.2) is 22.3 Å². The standard InChI is InChI=1S/C27H24F3N3O2/c1-16-3-4-18(12-31-21-6-7-22-20(9-10-34)15-35-23(22)11-21)17(2)26(16)19-5-8-25-32-24(27(28,29)30)14-33(25)13-19/h3-8,10-11,13-14,20,31H,9,12,15H2,1-2H3/t20-/m1/s1. The molecule has 5 nitrogen and oxygen atoms in total. The van der Waals surface area contributed by atoms with Crippen molar-refractivity contribution >= 4 is 17.6 Å². The SMILES string of the molecule is Cc1ccc(CNc2ccc3c(c2)OC[C@H]3CC=O)c(C)c1-c1ccc2nc(C(F)(F)F)cn2c1. The number of pyridine rings is 1. The molecule has 180 valence electrons. The molecule has 0 spiro atoms. The number of anilines is 1. The number of aromatic nitrogens is 2. The van der Waals surface area contributed by atoms with Gasteiger partial charge in [0.15, 0.2) is 5.69 Å². The predicted octanol–water partition coefficient (Wildman–Crippen LogP) is 6.31. The van der Waals surface area contributed by atoms with Crippen LogP contribution in [-0.2, 0) is 17.5 Å². The Hall–Kier alpha value is -3.81. The molecule has 2 aromatic heterocycles. The molecule has 0 saturated carbocycles. The van der Waals surface area contributed by atoms with Crippen LogP contribution in [0.3, 0.4) is 0 Å². The Morgan fingerprint density at radius 1 is 1.14 bits per heavy atom. The molecule has 35 heavy (non-hydrogen) atoms. The van der Waals surface area contributed by atoms with Gasteiger partial charge in [0, 0.05) is 48.6 Å². The number of carbonyl (C=O) groups is 1. The Bertz CT molecular complexity index is 1430. The van der Waals surface area contributed by atoms with Crippen molar-refractivity contribution < 1.29 is 22.7 Å². The molecule has 8 heteroatoms. The highest BCUT2D eigenvalue weighted by atomic mass is 19.4. The van der Waals surface area contributed by atoms with Crippen LogP contribution >= 0.6 is 0 Å². The number of imidazole rings is 1. The number of aldehydes is 1. The topological polar surface area (TPSA) is 55.6 Å². The third-order valence-electron chi connectivity index (χ3n) is 6.57. The van der Waals surface area contributed by atoms with Gasteiger partial charge >= 0.3 is 6.18 Å². The fraction of sp³-hybridized carbons (Fsp3) is 0.259. The fourth-order valence-corrected chi connectivity index (χ4v) is 4.70. The van der Waals surface area contributed by atoms with Gasteiger partial charge in [-0.3, -0.25) is 0 Å². The Balaban J connectivity index is 1.40. The lowest BCUT2D eigenvalue weighted by Gasteiger charge is -2.16. The summed E-state index contributed by atoms with van der Waals surface area (Å²) in [6.07, 6.45) is -0.399. The van der Waals surface area contributed by atoms with Crippen LogP contribution in [0.1, 0.15) is 40.3 Å². The molecular weight excluding hydrogens is 455 g/mol. The second kappa shape index (κ2) is 8.76. The van der Waals surface area contributed by atoms with Crippen molar-refractivity contribution in [1.29, 1.82) is 0 Å². The summed E-state index contributed by atoms with van der Waals surface area (Å²) in [4.78, 5) is 14.6. The monoisotopic (exact) mass is 479 g/mol. The number of aryl methyl sites for hydroxylation is 1. The second-order valence-corrected chi connectivity index (χ2v) is 8.87. The molecule has 2 aromatic carbocycles. The number of ether oxygens (including phenoxy) is 1. The number of hydrogen-bond acceptors (Lipinski definition) is 4. The first-order chi connectivity index (χ1) is 16.7. The van der Waals surface area contributed by atoms with Crippen molar-refractivity contribution in [2.45, 2.75) is 38.9 Å². The molecule has 0 saturated heterocycles. The maximum Gasteiger partial charge on any atom is 0.434 e. The molecule has 4 aromatic rings. The van der Waals surface area contributed by atoms with Gasteiger partial charge < -0.3 is 19.2 Å². The van der Waals surface area contributed by atoms with E-state index < -0.39 is 11.9 Å². The smallest absolute Gasteiger partial charge is 0.434 e. The largest absolute Gasteiger partial charge is 0.493 e. The molecule has 5 rings (SSSR count). The molecule has 0 aliphatic carbocycles. The predicted molar refractivity (Wildman–Crippen MR) is 128 cm³/mol. The first-order valence-corrected chi connectivity index (χ1v) is 11.3. The van der Waals surface area contributed by atoms with E-state index in [-0.39, 0.29) is 11.6 Å². The average Bonchev–Trinajstić information content (AvgIpc) is 3.43. The van der Waals surface area contributed by atoms with Gasteiger partial charge in [-0.2, -0.15) is 13.2 Å². The van der Waals surface area contributed by atoms with E-state index in [0.717, 1.165) is 57.3 Å². The highest BCUT2D eigenvalue weighted by molar-refractivity contribution is 5.73. The van der Waals surface area contributed by atoms with Gasteiger partial charge in [-0.1, -0.05) is 18.2 Å². The first kappa shape index (κ1) is 23.0. The Kier molecular flexibility index (Phi) is 5.75. The number of carbonyl (C=O) groups excluding carboxylic acids is 1. The highest BCUT2D eigenvalue weighted by Crippen LogP contribution is 2.38. The van der Waals surface area contributed by atoms with Gasteiger partial charge in [0.1, 0.15) is 17.7 Å². The zero-order valence-electron chi connectivity index (χ0n) is 19.3. The molecular formula is C27H24F3N3O2. The van der Waals surface area contributed by atoms with E-state index in [4.69, 9.17) is 4.74 Å². The number of benzene rings is 2. The number of hydrogen-bond donors (Lipinski definition) is 1. The van der Waals surface area contributed by atoms with Crippen molar-refractivity contribution in [2.75, 3.05) is 11.9 Å². The number of rotatable bonds is 6. The van der Waals surface area contributed by atoms with Crippen LogP contribution in [0, 0.1) is 13.8 Å². The van der Waals surface area contributed by atoms with Gasteiger partial charge in [0.25, 0.3) is 0 Å². The van der Waals surface area contributed by atoms with Crippen LogP contribution in [0.25, 0.3) is 16.8 Å². The third-order valence-corrected chi connectivity index (χ3v) is 6.57. The van der Waals surface area contributed by atoms with E-state index in [2.05, 4.69) is 16.4 Å². The minimum atomic E-state index is -4.48. The highest BCUT2D eigenvalue weighted by Gasteiger charge is 2.34. The fourth-order valence-electron chi connectivity index (χ4n) is 4.70. The molecule has 0 unspecified atom stereocenters. The van der Waals surface area contributed by atoms with Crippen molar-refractivity contribution in [3.63, 3.8) is 0 Å².